The Hall–Kier alpha value is -2.40. The number of fused-ring (bicyclic) bond motifs is 1. The average Bonchev–Trinajstić information content (AvgIpc) is 2.93. The minimum Gasteiger partial charge on any atom is -0.439 e. The molecule has 0 saturated heterocycles. The maximum atomic E-state index is 13.2. The number of aliphatic hydroxyl groups excluding tert-OH is 1. The van der Waals surface area contributed by atoms with Crippen LogP contribution in [0.25, 0.3) is 11.1 Å². The number of benzene rings is 2. The molecule has 3 rings (SSSR count). The van der Waals surface area contributed by atoms with Crippen molar-refractivity contribution < 1.29 is 13.9 Å². The Morgan fingerprint density at radius 3 is 2.73 bits per heavy atom. The van der Waals surface area contributed by atoms with Crippen LogP contribution < -0.4 is 4.90 Å². The molecule has 1 N–H and O–H groups in total. The summed E-state index contributed by atoms with van der Waals surface area (Å²) < 4.78 is 18.9. The van der Waals surface area contributed by atoms with Crippen LogP contribution in [0, 0.1) is 5.82 Å². The fraction of sp³-hybridized carbons (Fsp3) is 0.235. The molecule has 0 aliphatic carbocycles. The highest BCUT2D eigenvalue weighted by Crippen LogP contribution is 2.21. The standard InChI is InChI=1S/C17H17FN2O2/c18-13-7-8-16-15(11-13)19-17(22-16)12-20(9-4-10-21)14-5-2-1-3-6-14/h1-3,5-8,11,21H,4,9-10,12H2. The molecule has 0 aliphatic heterocycles. The van der Waals surface area contributed by atoms with Gasteiger partial charge in [-0.05, 0) is 30.7 Å². The van der Waals surface area contributed by atoms with Crippen molar-refractivity contribution in [1.82, 2.24) is 4.98 Å². The molecule has 1 heterocycles. The molecule has 0 fully saturated rings. The van der Waals surface area contributed by atoms with Crippen molar-refractivity contribution in [3.63, 3.8) is 0 Å². The minimum absolute atomic E-state index is 0.127. The second-order valence-corrected chi connectivity index (χ2v) is 5.05. The largest absolute Gasteiger partial charge is 0.439 e. The minimum atomic E-state index is -0.326. The van der Waals surface area contributed by atoms with Crippen molar-refractivity contribution in [3.05, 3.63) is 60.2 Å². The van der Waals surface area contributed by atoms with Gasteiger partial charge in [0, 0.05) is 24.9 Å². The molecule has 0 atom stereocenters. The number of oxazole rings is 1. The van der Waals surface area contributed by atoms with Gasteiger partial charge in [-0.15, -0.1) is 0 Å². The van der Waals surface area contributed by atoms with Crippen molar-refractivity contribution in [3.8, 4) is 0 Å². The first-order valence-corrected chi connectivity index (χ1v) is 7.22. The maximum Gasteiger partial charge on any atom is 0.215 e. The Morgan fingerprint density at radius 2 is 1.95 bits per heavy atom. The normalized spacial score (nSPS) is 11.0. The summed E-state index contributed by atoms with van der Waals surface area (Å²) in [6.45, 7) is 1.29. The van der Waals surface area contributed by atoms with Crippen LogP contribution in [-0.4, -0.2) is 23.2 Å². The molecule has 0 saturated carbocycles. The second kappa shape index (κ2) is 6.58. The lowest BCUT2D eigenvalue weighted by molar-refractivity contribution is 0.289. The first kappa shape index (κ1) is 14.5. The molecule has 22 heavy (non-hydrogen) atoms. The van der Waals surface area contributed by atoms with Gasteiger partial charge in [-0.1, -0.05) is 18.2 Å². The number of anilines is 1. The van der Waals surface area contributed by atoms with E-state index in [2.05, 4.69) is 9.88 Å². The van der Waals surface area contributed by atoms with Crippen molar-refractivity contribution in [1.29, 1.82) is 0 Å². The lowest BCUT2D eigenvalue weighted by Crippen LogP contribution is -2.24. The Bertz CT molecular complexity index is 743. The smallest absolute Gasteiger partial charge is 0.215 e. The number of rotatable bonds is 6. The topological polar surface area (TPSA) is 49.5 Å². The third-order valence-corrected chi connectivity index (χ3v) is 3.43. The molecular weight excluding hydrogens is 283 g/mol. The molecule has 0 bridgehead atoms. The van der Waals surface area contributed by atoms with E-state index in [4.69, 9.17) is 9.52 Å². The van der Waals surface area contributed by atoms with Gasteiger partial charge in [0.15, 0.2) is 5.58 Å². The monoisotopic (exact) mass is 300 g/mol. The molecule has 0 amide bonds. The number of para-hydroxylation sites is 1. The first-order valence-electron chi connectivity index (χ1n) is 7.22. The van der Waals surface area contributed by atoms with Gasteiger partial charge < -0.3 is 14.4 Å². The number of hydrogen-bond acceptors (Lipinski definition) is 4. The van der Waals surface area contributed by atoms with Crippen LogP contribution in [0.4, 0.5) is 10.1 Å². The van der Waals surface area contributed by atoms with E-state index in [1.807, 2.05) is 30.3 Å². The molecular formula is C17H17FN2O2. The van der Waals surface area contributed by atoms with Gasteiger partial charge in [-0.2, -0.15) is 0 Å². The Morgan fingerprint density at radius 1 is 1.14 bits per heavy atom. The number of aliphatic hydroxyl groups is 1. The molecule has 2 aromatic carbocycles. The zero-order valence-electron chi connectivity index (χ0n) is 12.1. The summed E-state index contributed by atoms with van der Waals surface area (Å²) in [7, 11) is 0. The van der Waals surface area contributed by atoms with Crippen molar-refractivity contribution in [2.45, 2.75) is 13.0 Å². The Kier molecular flexibility index (Phi) is 4.34. The summed E-state index contributed by atoms with van der Waals surface area (Å²) in [5, 5.41) is 9.07. The van der Waals surface area contributed by atoms with Crippen LogP contribution in [0.1, 0.15) is 12.3 Å². The number of hydrogen-bond donors (Lipinski definition) is 1. The van der Waals surface area contributed by atoms with E-state index >= 15 is 0 Å². The molecule has 1 aromatic heterocycles. The highest BCUT2D eigenvalue weighted by molar-refractivity contribution is 5.72. The Balaban J connectivity index is 1.84. The first-order chi connectivity index (χ1) is 10.8. The zero-order chi connectivity index (χ0) is 15.4. The second-order valence-electron chi connectivity index (χ2n) is 5.05. The van der Waals surface area contributed by atoms with Crippen LogP contribution in [0.2, 0.25) is 0 Å². The molecule has 5 heteroatoms. The van der Waals surface area contributed by atoms with Crippen LogP contribution in [0.3, 0.4) is 0 Å². The van der Waals surface area contributed by atoms with E-state index in [0.29, 0.717) is 36.5 Å². The molecule has 0 radical (unpaired) electrons. The van der Waals surface area contributed by atoms with E-state index < -0.39 is 0 Å². The van der Waals surface area contributed by atoms with E-state index in [1.54, 1.807) is 6.07 Å². The Labute approximate surface area is 127 Å². The molecule has 0 spiro atoms. The van der Waals surface area contributed by atoms with E-state index in [9.17, 15) is 4.39 Å². The SMILES string of the molecule is OCCCN(Cc1nc2cc(F)ccc2o1)c1ccccc1. The highest BCUT2D eigenvalue weighted by Gasteiger charge is 2.12. The van der Waals surface area contributed by atoms with Gasteiger partial charge in [0.1, 0.15) is 11.3 Å². The summed E-state index contributed by atoms with van der Waals surface area (Å²) in [4.78, 5) is 6.42. The zero-order valence-corrected chi connectivity index (χ0v) is 12.1. The molecule has 0 aliphatic rings. The summed E-state index contributed by atoms with van der Waals surface area (Å²) in [6.07, 6.45) is 0.656. The van der Waals surface area contributed by atoms with Crippen LogP contribution in [0.15, 0.2) is 52.9 Å². The molecule has 3 aromatic rings. The van der Waals surface area contributed by atoms with E-state index in [0.717, 1.165) is 5.69 Å². The lowest BCUT2D eigenvalue weighted by Gasteiger charge is -2.22. The highest BCUT2D eigenvalue weighted by atomic mass is 19.1. The van der Waals surface area contributed by atoms with E-state index in [1.165, 1.54) is 12.1 Å². The van der Waals surface area contributed by atoms with Crippen LogP contribution in [0.5, 0.6) is 0 Å². The fourth-order valence-electron chi connectivity index (χ4n) is 2.38. The van der Waals surface area contributed by atoms with Gasteiger partial charge >= 0.3 is 0 Å². The summed E-state index contributed by atoms with van der Waals surface area (Å²) >= 11 is 0. The molecule has 0 unspecified atom stereocenters. The third kappa shape index (κ3) is 3.26. The summed E-state index contributed by atoms with van der Waals surface area (Å²) in [5.41, 5.74) is 2.13. The number of aromatic nitrogens is 1. The van der Waals surface area contributed by atoms with Gasteiger partial charge in [0.2, 0.25) is 5.89 Å². The molecule has 114 valence electrons. The van der Waals surface area contributed by atoms with Crippen molar-refractivity contribution >= 4 is 16.8 Å². The van der Waals surface area contributed by atoms with Gasteiger partial charge in [-0.3, -0.25) is 0 Å². The van der Waals surface area contributed by atoms with Crippen LogP contribution >= 0.6 is 0 Å². The predicted molar refractivity (Wildman–Crippen MR) is 83.2 cm³/mol. The van der Waals surface area contributed by atoms with Gasteiger partial charge in [-0.25, -0.2) is 9.37 Å². The lowest BCUT2D eigenvalue weighted by atomic mass is 10.2. The maximum absolute atomic E-state index is 13.2. The van der Waals surface area contributed by atoms with E-state index in [-0.39, 0.29) is 12.4 Å². The summed E-state index contributed by atoms with van der Waals surface area (Å²) in [5.74, 6) is 0.204. The van der Waals surface area contributed by atoms with Gasteiger partial charge in [0.05, 0.1) is 6.54 Å². The quantitative estimate of drug-likeness (QED) is 0.758. The number of nitrogens with zero attached hydrogens (tertiary/aromatic N) is 2. The number of halogens is 1. The van der Waals surface area contributed by atoms with Gasteiger partial charge in [0.25, 0.3) is 0 Å². The third-order valence-electron chi connectivity index (χ3n) is 3.43. The fourth-order valence-corrected chi connectivity index (χ4v) is 2.38. The average molecular weight is 300 g/mol. The molecule has 4 nitrogen and oxygen atoms in total. The predicted octanol–water partition coefficient (Wildman–Crippen LogP) is 3.36. The van der Waals surface area contributed by atoms with Crippen molar-refractivity contribution in [2.24, 2.45) is 0 Å². The summed E-state index contributed by atoms with van der Waals surface area (Å²) in [6, 6.07) is 14.2. The van der Waals surface area contributed by atoms with Crippen molar-refractivity contribution in [2.75, 3.05) is 18.1 Å². The van der Waals surface area contributed by atoms with Crippen LogP contribution in [-0.2, 0) is 6.54 Å².